The molecular weight excluding hydrogens is 1290 g/mol. The summed E-state index contributed by atoms with van der Waals surface area (Å²) >= 11 is 0. The fourth-order valence-corrected chi connectivity index (χ4v) is 14.2. The highest BCUT2D eigenvalue weighted by Gasteiger charge is 2.47. The van der Waals surface area contributed by atoms with E-state index in [4.69, 9.17) is 33.3 Å². The number of nitrogens with zero attached hydrogens (tertiary/aromatic N) is 3. The van der Waals surface area contributed by atoms with E-state index in [0.29, 0.717) is 90.4 Å². The average Bonchev–Trinajstić information content (AvgIpc) is 1.51. The van der Waals surface area contributed by atoms with Crippen molar-refractivity contribution >= 4 is 95.2 Å². The van der Waals surface area contributed by atoms with Crippen LogP contribution in [0, 0.1) is 0 Å². The predicted octanol–water partition coefficient (Wildman–Crippen LogP) is 5.57. The average molecular weight is 1360 g/mol. The minimum Gasteiger partial charge on any atom is -0.492 e. The number of carbonyl (C=O) groups is 1. The molecule has 0 radical (unpaired) electrons. The molecule has 7 N–H and O–H groups in total. The number of allylic oxidation sites excluding steroid dienone is 6. The summed E-state index contributed by atoms with van der Waals surface area (Å²) < 4.78 is 213. The number of rotatable bonds is 34. The summed E-state index contributed by atoms with van der Waals surface area (Å²) in [6, 6.07) is 11.3. The Morgan fingerprint density at radius 2 is 1.09 bits per heavy atom. The largest absolute Gasteiger partial charge is 0.492 e. The Balaban J connectivity index is 1.27. The first kappa shape index (κ1) is 71.2. The van der Waals surface area contributed by atoms with Gasteiger partial charge in [0.15, 0.2) is 5.71 Å². The molecular formula is C57H72N3O25S5+. The van der Waals surface area contributed by atoms with Crippen molar-refractivity contribution in [3.8, 4) is 11.8 Å². The summed E-state index contributed by atoms with van der Waals surface area (Å²) in [7, 11) is -23.5. The van der Waals surface area contributed by atoms with Crippen LogP contribution >= 0.6 is 0 Å². The number of hydrogen-bond donors (Lipinski definition) is 7. The van der Waals surface area contributed by atoms with E-state index in [1.807, 2.05) is 0 Å². The summed E-state index contributed by atoms with van der Waals surface area (Å²) in [5, 5.41) is 19.9. The zero-order chi connectivity index (χ0) is 66.2. The fourth-order valence-electron chi connectivity index (χ4n) is 11.0. The molecule has 5 aromatic rings. The van der Waals surface area contributed by atoms with Crippen LogP contribution in [-0.2, 0) is 94.6 Å². The van der Waals surface area contributed by atoms with Gasteiger partial charge in [-0.05, 0) is 99.3 Å². The van der Waals surface area contributed by atoms with Gasteiger partial charge < -0.3 is 48.4 Å². The normalized spacial score (nSPS) is 17.0. The first-order chi connectivity index (χ1) is 42.1. The summed E-state index contributed by atoms with van der Waals surface area (Å²) in [5.74, 6) is -2.70. The third kappa shape index (κ3) is 17.3. The maximum absolute atomic E-state index is 13.1. The van der Waals surface area contributed by atoms with E-state index in [1.165, 1.54) is 24.3 Å². The summed E-state index contributed by atoms with van der Waals surface area (Å²) in [6.07, 6.45) is 6.21. The van der Waals surface area contributed by atoms with Gasteiger partial charge in [-0.1, -0.05) is 23.8 Å². The van der Waals surface area contributed by atoms with Gasteiger partial charge in [-0.25, -0.2) is 4.79 Å². The van der Waals surface area contributed by atoms with Crippen molar-refractivity contribution in [3.63, 3.8) is 0 Å². The molecule has 1 aromatic heterocycles. The summed E-state index contributed by atoms with van der Waals surface area (Å²) in [5.41, 5.74) is 0.206. The molecule has 494 valence electrons. The Morgan fingerprint density at radius 1 is 0.600 bits per heavy atom. The first-order valence-corrected chi connectivity index (χ1v) is 35.2. The van der Waals surface area contributed by atoms with Crippen molar-refractivity contribution in [1.82, 2.24) is 4.73 Å². The Hall–Kier alpha value is -6.25. The lowest BCUT2D eigenvalue weighted by molar-refractivity contribution is -0.438. The van der Waals surface area contributed by atoms with E-state index >= 15 is 0 Å². The minimum absolute atomic E-state index is 0.0111. The molecule has 33 heteroatoms. The number of aromatic hydroxyl groups is 2. The van der Waals surface area contributed by atoms with Gasteiger partial charge in [0.1, 0.15) is 16.3 Å². The van der Waals surface area contributed by atoms with Crippen LogP contribution in [-0.4, -0.2) is 195 Å². The molecule has 0 saturated carbocycles. The third-order valence-corrected chi connectivity index (χ3v) is 19.3. The lowest BCUT2D eigenvalue weighted by Gasteiger charge is -2.31. The Labute approximate surface area is 521 Å². The Kier molecular flexibility index (Phi) is 23.1. The van der Waals surface area contributed by atoms with Crippen molar-refractivity contribution < 1.29 is 118 Å². The second-order valence-corrected chi connectivity index (χ2v) is 28.8. The topological polar surface area (TPSA) is 405 Å². The molecule has 2 aliphatic heterocycles. The van der Waals surface area contributed by atoms with Gasteiger partial charge >= 0.3 is 5.97 Å². The van der Waals surface area contributed by atoms with Crippen molar-refractivity contribution in [1.29, 1.82) is 0 Å². The van der Waals surface area contributed by atoms with E-state index < -0.39 is 104 Å². The second kappa shape index (κ2) is 29.1. The smallest absolute Gasteiger partial charge is 0.333 e. The van der Waals surface area contributed by atoms with Gasteiger partial charge in [0, 0.05) is 77.5 Å². The highest BCUT2D eigenvalue weighted by Crippen LogP contribution is 2.54. The number of fused-ring (bicyclic) bond motifs is 6. The van der Waals surface area contributed by atoms with Gasteiger partial charge in [0.2, 0.25) is 17.4 Å². The van der Waals surface area contributed by atoms with Crippen LogP contribution in [0.2, 0.25) is 0 Å². The number of anilines is 1. The molecule has 4 aromatic carbocycles. The van der Waals surface area contributed by atoms with Gasteiger partial charge in [0.25, 0.3) is 50.6 Å². The van der Waals surface area contributed by atoms with Gasteiger partial charge in [0.05, 0.1) is 100 Å². The van der Waals surface area contributed by atoms with E-state index in [1.54, 1.807) is 68.6 Å². The van der Waals surface area contributed by atoms with Gasteiger partial charge in [-0.3, -0.25) is 22.8 Å². The zero-order valence-corrected chi connectivity index (χ0v) is 53.8. The number of carbonyl (C=O) groups excluding carboxylic acids is 1. The first-order valence-electron chi connectivity index (χ1n) is 27.9. The number of ether oxygens (including phenoxy) is 6. The van der Waals surface area contributed by atoms with E-state index in [-0.39, 0.29) is 98.9 Å². The monoisotopic (exact) mass is 1360 g/mol. The molecule has 90 heavy (non-hydrogen) atoms. The van der Waals surface area contributed by atoms with Crippen molar-refractivity contribution in [2.45, 2.75) is 83.8 Å². The molecule has 1 atom stereocenters. The number of hydrogen-bond acceptors (Lipinski definition) is 21. The summed E-state index contributed by atoms with van der Waals surface area (Å²) in [6.45, 7) is 10.2. The quantitative estimate of drug-likeness (QED) is 0.0115. The highest BCUT2D eigenvalue weighted by molar-refractivity contribution is 7.87. The number of methoxy groups -OCH3 is 1. The maximum Gasteiger partial charge on any atom is 0.333 e. The maximum atomic E-state index is 13.1. The number of benzene rings is 4. The standard InChI is InChI=1S/C57H71N3O25S5/c1-38(9-15-49-56(2,3)54-43-34-39(87(67,68)69)36-47(89(73,74)75)41(43)11-13-45(54)58(49)20-6-8-53(63)85-60-51(61)17-18-52(60)62)10-16-50-57(4,19-7-33-86(64,65)66)55-44-35-40(88(70,71)72)37-48(90(76,77)78)42(44)12-14-46(55)59(50)21-22-80-25-26-82-29-30-84-32-31-83-28-27-81-24-23-79-5/h9-18,34-37H,6-8,19-33H2,1-5H3,(H6-,61,62,64,65,66,67,68,69,70,71,72,73,74,75,76,77,78)/p+1. The molecule has 0 amide bonds. The Bertz CT molecular complexity index is 4210. The fraction of sp³-hybridized carbons (Fsp3) is 0.439. The highest BCUT2D eigenvalue weighted by atomic mass is 32.2. The molecule has 1 unspecified atom stereocenters. The van der Waals surface area contributed by atoms with Crippen LogP contribution in [0.5, 0.6) is 11.8 Å². The molecule has 3 heterocycles. The van der Waals surface area contributed by atoms with Crippen LogP contribution < -0.4 is 9.74 Å². The lowest BCUT2D eigenvalue weighted by atomic mass is 9.75. The van der Waals surface area contributed by atoms with Crippen molar-refractivity contribution in [2.75, 3.05) is 104 Å². The number of aromatic nitrogens is 1. The molecule has 0 saturated heterocycles. The molecule has 7 rings (SSSR count). The molecule has 0 aliphatic carbocycles. The van der Waals surface area contributed by atoms with Gasteiger partial charge in [-0.15, -0.1) is 4.73 Å². The van der Waals surface area contributed by atoms with Crippen LogP contribution in [0.4, 0.5) is 11.4 Å². The van der Waals surface area contributed by atoms with E-state index in [2.05, 4.69) is 0 Å². The van der Waals surface area contributed by atoms with Gasteiger partial charge in [-0.2, -0.15) is 46.7 Å². The molecule has 0 spiro atoms. The van der Waals surface area contributed by atoms with E-state index in [9.17, 15) is 79.9 Å². The lowest BCUT2D eigenvalue weighted by Crippen LogP contribution is -2.31. The van der Waals surface area contributed by atoms with Crippen LogP contribution in [0.15, 0.2) is 116 Å². The minimum atomic E-state index is -5.18. The zero-order valence-electron chi connectivity index (χ0n) is 49.7. The second-order valence-electron chi connectivity index (χ2n) is 21.6. The van der Waals surface area contributed by atoms with Crippen LogP contribution in [0.1, 0.15) is 64.5 Å². The van der Waals surface area contributed by atoms with Crippen molar-refractivity contribution in [3.05, 3.63) is 107 Å². The Morgan fingerprint density at radius 3 is 1.58 bits per heavy atom. The van der Waals surface area contributed by atoms with Crippen LogP contribution in [0.3, 0.4) is 0 Å². The molecule has 0 bridgehead atoms. The van der Waals surface area contributed by atoms with E-state index in [0.717, 1.165) is 24.3 Å². The third-order valence-electron chi connectivity index (χ3n) is 15.0. The van der Waals surface area contributed by atoms with Crippen molar-refractivity contribution in [2.24, 2.45) is 0 Å². The van der Waals surface area contributed by atoms with Crippen LogP contribution in [0.25, 0.3) is 21.5 Å². The predicted molar refractivity (Wildman–Crippen MR) is 326 cm³/mol. The molecule has 0 fully saturated rings. The molecule has 28 nitrogen and oxygen atoms in total. The molecule has 2 aliphatic rings. The SMILES string of the molecule is COCCOCCOCCOCCOCCOCCN1C(=CC=C(C)C=CC2=[N+](CCCC(=O)On3c(O)ccc3O)c3ccc4c(S(=O)(=O)O)cc(S(=O)(=O)O)cc4c3C2(C)C)C(C)(CCCS(=O)(=O)O)c2c1ccc1c(S(=O)(=O)O)cc(S(=O)(=O)O)cc21. The summed E-state index contributed by atoms with van der Waals surface area (Å²) in [4.78, 5) is 16.6.